The van der Waals surface area contributed by atoms with Crippen LogP contribution in [0.2, 0.25) is 0 Å². The summed E-state index contributed by atoms with van der Waals surface area (Å²) in [6, 6.07) is 18.4. The van der Waals surface area contributed by atoms with Crippen molar-refractivity contribution in [3.63, 3.8) is 0 Å². The fraction of sp³-hybridized carbons (Fsp3) is 0.357. The summed E-state index contributed by atoms with van der Waals surface area (Å²) >= 11 is 1.81. The van der Waals surface area contributed by atoms with Gasteiger partial charge in [-0.15, -0.1) is 0 Å². The highest BCUT2D eigenvalue weighted by atomic mass is 32.2. The molecule has 2 aromatic carbocycles. The van der Waals surface area contributed by atoms with Crippen LogP contribution in [-0.2, 0) is 23.6 Å². The van der Waals surface area contributed by atoms with Gasteiger partial charge in [0, 0.05) is 31.2 Å². The van der Waals surface area contributed by atoms with Gasteiger partial charge in [-0.3, -0.25) is 9.78 Å². The third kappa shape index (κ3) is 5.37. The van der Waals surface area contributed by atoms with Crippen molar-refractivity contribution in [1.29, 1.82) is 0 Å². The quantitative estimate of drug-likeness (QED) is 0.445. The minimum Gasteiger partial charge on any atom is -0.486 e. The molecule has 1 amide bonds. The second-order valence-electron chi connectivity index (χ2n) is 9.29. The minimum atomic E-state index is -0.212. The van der Waals surface area contributed by atoms with E-state index in [1.807, 2.05) is 73.3 Å². The van der Waals surface area contributed by atoms with E-state index in [0.29, 0.717) is 13.1 Å². The molecule has 0 spiro atoms. The number of rotatable bonds is 7. The van der Waals surface area contributed by atoms with E-state index in [1.54, 1.807) is 7.11 Å². The van der Waals surface area contributed by atoms with Gasteiger partial charge in [-0.1, -0.05) is 47.8 Å². The van der Waals surface area contributed by atoms with Crippen LogP contribution in [-0.4, -0.2) is 52.5 Å². The van der Waals surface area contributed by atoms with Gasteiger partial charge in [0.15, 0.2) is 0 Å². The molecule has 6 nitrogen and oxygen atoms in total. The Bertz CT molecular complexity index is 1190. The second-order valence-corrected chi connectivity index (χ2v) is 10.4. The van der Waals surface area contributed by atoms with Gasteiger partial charge in [0.1, 0.15) is 18.0 Å². The molecule has 0 aliphatic carbocycles. The normalized spacial score (nSPS) is 19.7. The first kappa shape index (κ1) is 23.9. The van der Waals surface area contributed by atoms with E-state index < -0.39 is 0 Å². The Labute approximate surface area is 211 Å². The van der Waals surface area contributed by atoms with Crippen molar-refractivity contribution in [2.75, 3.05) is 20.2 Å². The third-order valence-electron chi connectivity index (χ3n) is 6.69. The predicted octanol–water partition coefficient (Wildman–Crippen LogP) is 4.78. The van der Waals surface area contributed by atoms with Crippen molar-refractivity contribution in [3.8, 4) is 5.75 Å². The molecule has 182 valence electrons. The maximum Gasteiger partial charge on any atom is 0.254 e. The Hall–Kier alpha value is -2.87. The fourth-order valence-corrected chi connectivity index (χ4v) is 5.65. The molecule has 0 bridgehead atoms. The number of amides is 1. The number of nitrogens with zero attached hydrogens (tertiary/aromatic N) is 3. The molecule has 1 saturated heterocycles. The van der Waals surface area contributed by atoms with Crippen LogP contribution in [0.15, 0.2) is 60.8 Å². The lowest BCUT2D eigenvalue weighted by Crippen LogP contribution is -2.32. The monoisotopic (exact) mass is 489 g/mol. The molecule has 35 heavy (non-hydrogen) atoms. The van der Waals surface area contributed by atoms with Crippen molar-refractivity contribution in [2.24, 2.45) is 0 Å². The lowest BCUT2D eigenvalue weighted by Gasteiger charge is -2.19. The zero-order chi connectivity index (χ0) is 24.4. The van der Waals surface area contributed by atoms with Crippen molar-refractivity contribution in [2.45, 2.75) is 44.9 Å². The molecule has 2 atom stereocenters. The fourth-order valence-electron chi connectivity index (χ4n) is 4.70. The van der Waals surface area contributed by atoms with Gasteiger partial charge in [-0.05, 0) is 54.8 Å². The SMILES string of the molecule is COC1CN(C(=O)c2cc(C)ccc2C)CC1Oc1cccc(CSN2Cc3cccnc3C2)c1. The van der Waals surface area contributed by atoms with E-state index in [2.05, 4.69) is 27.5 Å². The standard InChI is InChI=1S/C28H31N3O3S/c1-19-9-10-20(2)24(12-19)28(32)30-16-26(33-3)27(17-30)34-23-8-4-6-21(13-23)18-35-31-14-22-7-5-11-29-25(22)15-31/h4-13,26-27H,14-18H2,1-3H3. The summed E-state index contributed by atoms with van der Waals surface area (Å²) in [5.41, 5.74) is 6.50. The Morgan fingerprint density at radius 2 is 1.91 bits per heavy atom. The highest BCUT2D eigenvalue weighted by Crippen LogP contribution is 2.30. The summed E-state index contributed by atoms with van der Waals surface area (Å²) in [5.74, 6) is 1.70. The molecule has 1 fully saturated rings. The summed E-state index contributed by atoms with van der Waals surface area (Å²) in [6.45, 7) is 6.81. The Kier molecular flexibility index (Phi) is 7.09. The maximum atomic E-state index is 13.2. The first-order chi connectivity index (χ1) is 17.0. The number of likely N-dealkylation sites (tertiary alicyclic amines) is 1. The van der Waals surface area contributed by atoms with Crippen molar-refractivity contribution >= 4 is 17.9 Å². The van der Waals surface area contributed by atoms with Crippen LogP contribution in [0, 0.1) is 13.8 Å². The van der Waals surface area contributed by atoms with Crippen molar-refractivity contribution in [1.82, 2.24) is 14.2 Å². The van der Waals surface area contributed by atoms with E-state index in [9.17, 15) is 4.79 Å². The zero-order valence-corrected chi connectivity index (χ0v) is 21.3. The number of aryl methyl sites for hydroxylation is 2. The molecule has 2 unspecified atom stereocenters. The summed E-state index contributed by atoms with van der Waals surface area (Å²) in [5, 5.41) is 0. The molecule has 7 heteroatoms. The average molecular weight is 490 g/mol. The Morgan fingerprint density at radius 1 is 1.06 bits per heavy atom. The van der Waals surface area contributed by atoms with E-state index in [0.717, 1.165) is 41.3 Å². The lowest BCUT2D eigenvalue weighted by molar-refractivity contribution is 0.0339. The topological polar surface area (TPSA) is 54.9 Å². The summed E-state index contributed by atoms with van der Waals surface area (Å²) in [4.78, 5) is 19.6. The second kappa shape index (κ2) is 10.4. The highest BCUT2D eigenvalue weighted by molar-refractivity contribution is 7.96. The van der Waals surface area contributed by atoms with Crippen LogP contribution < -0.4 is 4.74 Å². The molecule has 2 aliphatic heterocycles. The number of carbonyl (C=O) groups is 1. The van der Waals surface area contributed by atoms with E-state index >= 15 is 0 Å². The number of aromatic nitrogens is 1. The number of carbonyl (C=O) groups excluding carboxylic acids is 1. The number of fused-ring (bicyclic) bond motifs is 1. The van der Waals surface area contributed by atoms with Gasteiger partial charge in [-0.2, -0.15) is 0 Å². The Morgan fingerprint density at radius 3 is 2.74 bits per heavy atom. The molecular formula is C28H31N3O3S. The van der Waals surface area contributed by atoms with Gasteiger partial charge in [0.25, 0.3) is 5.91 Å². The van der Waals surface area contributed by atoms with Crippen LogP contribution >= 0.6 is 11.9 Å². The van der Waals surface area contributed by atoms with Crippen LogP contribution in [0.1, 0.15) is 38.3 Å². The average Bonchev–Trinajstić information content (AvgIpc) is 3.47. The molecule has 3 heterocycles. The summed E-state index contributed by atoms with van der Waals surface area (Å²) < 4.78 is 14.4. The largest absolute Gasteiger partial charge is 0.486 e. The number of ether oxygens (including phenoxy) is 2. The van der Waals surface area contributed by atoms with Gasteiger partial charge >= 0.3 is 0 Å². The number of methoxy groups -OCH3 is 1. The third-order valence-corrected chi connectivity index (χ3v) is 7.77. The molecular weight excluding hydrogens is 458 g/mol. The smallest absolute Gasteiger partial charge is 0.254 e. The lowest BCUT2D eigenvalue weighted by atomic mass is 10.0. The highest BCUT2D eigenvalue weighted by Gasteiger charge is 2.37. The van der Waals surface area contributed by atoms with E-state index in [1.165, 1.54) is 16.8 Å². The number of hydrogen-bond donors (Lipinski definition) is 0. The number of benzene rings is 2. The van der Waals surface area contributed by atoms with E-state index in [-0.39, 0.29) is 18.1 Å². The first-order valence-corrected chi connectivity index (χ1v) is 12.9. The Balaban J connectivity index is 1.21. The minimum absolute atomic E-state index is 0.0330. The van der Waals surface area contributed by atoms with Crippen LogP contribution in [0.5, 0.6) is 5.75 Å². The number of hydrogen-bond acceptors (Lipinski definition) is 6. The summed E-state index contributed by atoms with van der Waals surface area (Å²) in [6.07, 6.45) is 1.48. The molecule has 0 radical (unpaired) electrons. The van der Waals surface area contributed by atoms with Crippen LogP contribution in [0.25, 0.3) is 0 Å². The van der Waals surface area contributed by atoms with E-state index in [4.69, 9.17) is 9.47 Å². The van der Waals surface area contributed by atoms with Crippen LogP contribution in [0.4, 0.5) is 0 Å². The van der Waals surface area contributed by atoms with Gasteiger partial charge < -0.3 is 14.4 Å². The van der Waals surface area contributed by atoms with Gasteiger partial charge in [0.2, 0.25) is 0 Å². The first-order valence-electron chi connectivity index (χ1n) is 12.0. The summed E-state index contributed by atoms with van der Waals surface area (Å²) in [7, 11) is 1.68. The molecule has 5 rings (SSSR count). The molecule has 0 saturated carbocycles. The van der Waals surface area contributed by atoms with Crippen LogP contribution in [0.3, 0.4) is 0 Å². The maximum absolute atomic E-state index is 13.2. The van der Waals surface area contributed by atoms with Gasteiger partial charge in [0.05, 0.1) is 25.3 Å². The molecule has 2 aliphatic rings. The van der Waals surface area contributed by atoms with Crippen molar-refractivity contribution < 1.29 is 14.3 Å². The van der Waals surface area contributed by atoms with Crippen molar-refractivity contribution in [3.05, 3.63) is 94.3 Å². The molecule has 0 N–H and O–H groups in total. The predicted molar refractivity (Wildman–Crippen MR) is 138 cm³/mol. The molecule has 1 aromatic heterocycles. The number of pyridine rings is 1. The zero-order valence-electron chi connectivity index (χ0n) is 20.4. The molecule has 3 aromatic rings. The van der Waals surface area contributed by atoms with Gasteiger partial charge in [-0.25, -0.2) is 4.31 Å².